The Morgan fingerprint density at radius 2 is 1.78 bits per heavy atom. The van der Waals surface area contributed by atoms with Gasteiger partial charge in [0.2, 0.25) is 5.78 Å². The van der Waals surface area contributed by atoms with Gasteiger partial charge in [0.25, 0.3) is 5.91 Å². The van der Waals surface area contributed by atoms with Crippen molar-refractivity contribution in [1.82, 2.24) is 0 Å². The van der Waals surface area contributed by atoms with Gasteiger partial charge in [-0.25, -0.2) is 0 Å². The predicted molar refractivity (Wildman–Crippen MR) is 123 cm³/mol. The van der Waals surface area contributed by atoms with Crippen molar-refractivity contribution in [3.8, 4) is 11.5 Å². The number of rotatable bonds is 6. The minimum Gasteiger partial charge on any atom is -0.497 e. The molecule has 0 fully saturated rings. The van der Waals surface area contributed by atoms with E-state index in [-0.39, 0.29) is 17.5 Å². The van der Waals surface area contributed by atoms with E-state index < -0.39 is 0 Å². The van der Waals surface area contributed by atoms with Crippen LogP contribution in [0.25, 0.3) is 11.0 Å². The maximum absolute atomic E-state index is 13.3. The van der Waals surface area contributed by atoms with Crippen LogP contribution in [0.2, 0.25) is 5.02 Å². The number of anilines is 1. The van der Waals surface area contributed by atoms with Crippen LogP contribution in [0.4, 0.5) is 5.69 Å². The first-order valence-corrected chi connectivity index (χ1v) is 10.2. The number of carbonyl (C=O) groups excluding carboxylic acids is 2. The molecule has 32 heavy (non-hydrogen) atoms. The Morgan fingerprint density at radius 3 is 2.50 bits per heavy atom. The van der Waals surface area contributed by atoms with Crippen molar-refractivity contribution in [2.75, 3.05) is 19.5 Å². The third-order valence-electron chi connectivity index (χ3n) is 5.14. The summed E-state index contributed by atoms with van der Waals surface area (Å²) in [6.07, 6.45) is 0. The Morgan fingerprint density at radius 1 is 0.969 bits per heavy atom. The largest absolute Gasteiger partial charge is 0.497 e. The summed E-state index contributed by atoms with van der Waals surface area (Å²) in [6, 6.07) is 16.9. The fourth-order valence-corrected chi connectivity index (χ4v) is 3.66. The van der Waals surface area contributed by atoms with E-state index in [4.69, 9.17) is 25.5 Å². The molecule has 0 radical (unpaired) electrons. The smallest absolute Gasteiger partial charge is 0.255 e. The fraction of sp³-hybridized carbons (Fsp3) is 0.120. The van der Waals surface area contributed by atoms with Gasteiger partial charge >= 0.3 is 0 Å². The number of hydrogen-bond donors (Lipinski definition) is 1. The van der Waals surface area contributed by atoms with Crippen LogP contribution in [0.5, 0.6) is 11.5 Å². The molecule has 0 saturated heterocycles. The summed E-state index contributed by atoms with van der Waals surface area (Å²) in [6.45, 7) is 1.82. The number of ketones is 1. The van der Waals surface area contributed by atoms with Gasteiger partial charge in [0.15, 0.2) is 5.76 Å². The zero-order valence-corrected chi connectivity index (χ0v) is 18.4. The third-order valence-corrected chi connectivity index (χ3v) is 5.38. The molecule has 162 valence electrons. The molecule has 4 rings (SSSR count). The van der Waals surface area contributed by atoms with Crippen molar-refractivity contribution in [2.24, 2.45) is 0 Å². The molecule has 0 unspecified atom stereocenters. The Hall–Kier alpha value is -3.77. The van der Waals surface area contributed by atoms with Crippen molar-refractivity contribution < 1.29 is 23.5 Å². The number of methoxy groups -OCH3 is 2. The van der Waals surface area contributed by atoms with E-state index in [1.165, 1.54) is 14.2 Å². The molecule has 0 saturated carbocycles. The highest BCUT2D eigenvalue weighted by Crippen LogP contribution is 2.32. The molecule has 0 bridgehead atoms. The molecule has 7 heteroatoms. The predicted octanol–water partition coefficient (Wildman–Crippen LogP) is 5.90. The average Bonchev–Trinajstić information content (AvgIpc) is 3.13. The molecule has 0 spiro atoms. The first kappa shape index (κ1) is 21.5. The SMILES string of the molecule is COc1ccc(OC)c(C(=O)c2oc3cc(NC(=O)c4cccc(Cl)c4)ccc3c2C)c1. The molecule has 6 nitrogen and oxygen atoms in total. The number of aryl methyl sites for hydroxylation is 1. The lowest BCUT2D eigenvalue weighted by Gasteiger charge is -2.08. The van der Waals surface area contributed by atoms with Gasteiger partial charge in [0.05, 0.1) is 19.8 Å². The minimum atomic E-state index is -0.320. The molecule has 4 aromatic rings. The van der Waals surface area contributed by atoms with Gasteiger partial charge in [-0.05, 0) is 55.5 Å². The van der Waals surface area contributed by atoms with Crippen LogP contribution in [0, 0.1) is 6.92 Å². The van der Waals surface area contributed by atoms with Gasteiger partial charge in [0, 0.05) is 33.3 Å². The summed E-state index contributed by atoms with van der Waals surface area (Å²) in [7, 11) is 3.03. The molecule has 1 amide bonds. The number of halogens is 1. The first-order chi connectivity index (χ1) is 15.4. The zero-order chi connectivity index (χ0) is 22.8. The molecular weight excluding hydrogens is 430 g/mol. The van der Waals surface area contributed by atoms with E-state index >= 15 is 0 Å². The van der Waals surface area contributed by atoms with Crippen LogP contribution in [0.1, 0.15) is 32.0 Å². The number of nitrogens with one attached hydrogen (secondary N) is 1. The summed E-state index contributed by atoms with van der Waals surface area (Å²) >= 11 is 5.97. The average molecular weight is 450 g/mol. The molecule has 0 aliphatic heterocycles. The lowest BCUT2D eigenvalue weighted by Crippen LogP contribution is -2.11. The maximum atomic E-state index is 13.3. The summed E-state index contributed by atoms with van der Waals surface area (Å²) in [5.74, 6) is 0.537. The first-order valence-electron chi connectivity index (χ1n) is 9.78. The van der Waals surface area contributed by atoms with Gasteiger partial charge < -0.3 is 19.2 Å². The summed E-state index contributed by atoms with van der Waals surface area (Å²) < 4.78 is 16.5. The Bertz CT molecular complexity index is 1340. The fourth-order valence-electron chi connectivity index (χ4n) is 3.47. The lowest BCUT2D eigenvalue weighted by atomic mass is 10.0. The van der Waals surface area contributed by atoms with Crippen LogP contribution >= 0.6 is 11.6 Å². The second-order valence-electron chi connectivity index (χ2n) is 7.13. The zero-order valence-electron chi connectivity index (χ0n) is 17.7. The van der Waals surface area contributed by atoms with Crippen LogP contribution in [0.3, 0.4) is 0 Å². The van der Waals surface area contributed by atoms with Crippen molar-refractivity contribution in [3.63, 3.8) is 0 Å². The molecule has 0 atom stereocenters. The Balaban J connectivity index is 1.67. The molecule has 3 aromatic carbocycles. The summed E-state index contributed by atoms with van der Waals surface area (Å²) in [4.78, 5) is 25.8. The van der Waals surface area contributed by atoms with Gasteiger partial charge in [-0.1, -0.05) is 17.7 Å². The van der Waals surface area contributed by atoms with Crippen LogP contribution < -0.4 is 14.8 Å². The molecule has 0 aliphatic carbocycles. The van der Waals surface area contributed by atoms with E-state index in [0.29, 0.717) is 44.5 Å². The van der Waals surface area contributed by atoms with E-state index in [1.54, 1.807) is 60.7 Å². The summed E-state index contributed by atoms with van der Waals surface area (Å²) in [5, 5.41) is 4.07. The number of amides is 1. The number of hydrogen-bond acceptors (Lipinski definition) is 5. The number of ether oxygens (including phenoxy) is 2. The normalized spacial score (nSPS) is 10.8. The van der Waals surface area contributed by atoms with E-state index in [9.17, 15) is 9.59 Å². The number of carbonyl (C=O) groups is 2. The van der Waals surface area contributed by atoms with Crippen LogP contribution in [-0.4, -0.2) is 25.9 Å². The van der Waals surface area contributed by atoms with Gasteiger partial charge in [-0.2, -0.15) is 0 Å². The maximum Gasteiger partial charge on any atom is 0.255 e. The van der Waals surface area contributed by atoms with Crippen molar-refractivity contribution in [1.29, 1.82) is 0 Å². The molecule has 1 N–H and O–H groups in total. The molecular formula is C25H20ClNO5. The second-order valence-corrected chi connectivity index (χ2v) is 7.56. The van der Waals surface area contributed by atoms with Gasteiger partial charge in [-0.3, -0.25) is 9.59 Å². The van der Waals surface area contributed by atoms with Crippen molar-refractivity contribution in [3.05, 3.63) is 88.1 Å². The number of fused-ring (bicyclic) bond motifs is 1. The van der Waals surface area contributed by atoms with E-state index in [0.717, 1.165) is 5.39 Å². The summed E-state index contributed by atoms with van der Waals surface area (Å²) in [5.41, 5.74) is 2.49. The van der Waals surface area contributed by atoms with Gasteiger partial charge in [-0.15, -0.1) is 0 Å². The quantitative estimate of drug-likeness (QED) is 0.371. The third kappa shape index (κ3) is 4.05. The molecule has 0 aliphatic rings. The standard InChI is InChI=1S/C25H20ClNO5/c1-14-19-9-7-17(27-25(29)15-5-4-6-16(26)11-15)12-22(19)32-24(14)23(28)20-13-18(30-2)8-10-21(20)31-3/h4-13H,1-3H3,(H,27,29). The van der Waals surface area contributed by atoms with E-state index in [1.807, 2.05) is 6.92 Å². The number of furan rings is 1. The molecule has 1 aromatic heterocycles. The van der Waals surface area contributed by atoms with Gasteiger partial charge in [0.1, 0.15) is 17.1 Å². The molecule has 1 heterocycles. The lowest BCUT2D eigenvalue weighted by molar-refractivity contribution is 0.100. The minimum absolute atomic E-state index is 0.199. The topological polar surface area (TPSA) is 77.8 Å². The highest BCUT2D eigenvalue weighted by atomic mass is 35.5. The monoisotopic (exact) mass is 449 g/mol. The highest BCUT2D eigenvalue weighted by Gasteiger charge is 2.23. The highest BCUT2D eigenvalue weighted by molar-refractivity contribution is 6.31. The van der Waals surface area contributed by atoms with Crippen molar-refractivity contribution in [2.45, 2.75) is 6.92 Å². The Kier molecular flexibility index (Phi) is 5.88. The van der Waals surface area contributed by atoms with Crippen LogP contribution in [-0.2, 0) is 0 Å². The van der Waals surface area contributed by atoms with Crippen molar-refractivity contribution >= 4 is 39.9 Å². The Labute approximate surface area is 189 Å². The van der Waals surface area contributed by atoms with Crippen LogP contribution in [0.15, 0.2) is 65.1 Å². The number of benzene rings is 3. The van der Waals surface area contributed by atoms with E-state index in [2.05, 4.69) is 5.32 Å². The second kappa shape index (κ2) is 8.77.